The molecule has 0 unspecified atom stereocenters. The number of hydrogen-bond donors (Lipinski definition) is 2. The molecule has 7 nitrogen and oxygen atoms in total. The largest absolute Gasteiger partial charge is 0.377 e. The predicted molar refractivity (Wildman–Crippen MR) is 116 cm³/mol. The third-order valence-electron chi connectivity index (χ3n) is 4.20. The van der Waals surface area contributed by atoms with E-state index in [1.165, 1.54) is 25.3 Å². The van der Waals surface area contributed by atoms with Crippen LogP contribution in [0.15, 0.2) is 24.0 Å². The Morgan fingerprint density at radius 1 is 1.34 bits per heavy atom. The molecule has 1 aliphatic rings. The molecule has 0 radical (unpaired) electrons. The topological polar surface area (TPSA) is 91.4 Å². The quantitative estimate of drug-likeness (QED) is 0.335. The molecule has 0 aromatic carbocycles. The number of hydrogen-bond acceptors (Lipinski definition) is 6. The minimum Gasteiger partial charge on any atom is -0.377 e. The Kier molecular flexibility index (Phi) is 9.26. The summed E-state index contributed by atoms with van der Waals surface area (Å²) in [5, 5.41) is 6.29. The van der Waals surface area contributed by atoms with Crippen molar-refractivity contribution in [2.45, 2.75) is 32.7 Å². The number of allylic oxidation sites excluding steroid dienone is 2. The molecule has 2 N–H and O–H groups in total. The molecular weight excluding hydrogens is 435 g/mol. The molecule has 1 aromatic heterocycles. The summed E-state index contributed by atoms with van der Waals surface area (Å²) < 4.78 is 0. The lowest BCUT2D eigenvalue weighted by Crippen LogP contribution is -2.45. The Bertz CT molecular complexity index is 798. The van der Waals surface area contributed by atoms with Gasteiger partial charge in [-0.3, -0.25) is 14.4 Å². The number of pyridine rings is 1. The summed E-state index contributed by atoms with van der Waals surface area (Å²) in [5.41, 5.74) is 0.966. The van der Waals surface area contributed by atoms with Crippen LogP contribution in [0.4, 0.5) is 0 Å². The molecule has 1 aliphatic heterocycles. The first-order chi connectivity index (χ1) is 13.8. The van der Waals surface area contributed by atoms with Crippen molar-refractivity contribution in [1.82, 2.24) is 20.5 Å². The van der Waals surface area contributed by atoms with Crippen LogP contribution in [0, 0.1) is 0 Å². The highest BCUT2D eigenvalue weighted by Crippen LogP contribution is 2.19. The van der Waals surface area contributed by atoms with Gasteiger partial charge in [0, 0.05) is 30.7 Å². The van der Waals surface area contributed by atoms with Crippen LogP contribution in [-0.4, -0.2) is 58.2 Å². The Hall–Kier alpha value is -1.77. The first-order valence-corrected chi connectivity index (χ1v) is 11.1. The third kappa shape index (κ3) is 7.53. The zero-order valence-corrected chi connectivity index (χ0v) is 18.7. The fourth-order valence-corrected chi connectivity index (χ4v) is 4.07. The molecule has 0 saturated carbocycles. The lowest BCUT2D eigenvalue weighted by Gasteiger charge is -2.24. The summed E-state index contributed by atoms with van der Waals surface area (Å²) in [5.74, 6) is 1.21. The number of nitrogens with one attached hydrogen (secondary N) is 2. The van der Waals surface area contributed by atoms with Crippen LogP contribution in [0.3, 0.4) is 0 Å². The number of carbonyl (C=O) groups excluding carboxylic acids is 3. The van der Waals surface area contributed by atoms with Crippen molar-refractivity contribution >= 4 is 52.6 Å². The van der Waals surface area contributed by atoms with E-state index in [1.807, 2.05) is 4.90 Å². The van der Waals surface area contributed by atoms with E-state index in [0.29, 0.717) is 36.5 Å². The van der Waals surface area contributed by atoms with E-state index < -0.39 is 6.04 Å². The molecule has 0 spiro atoms. The van der Waals surface area contributed by atoms with Gasteiger partial charge in [0.15, 0.2) is 5.78 Å². The van der Waals surface area contributed by atoms with Gasteiger partial charge < -0.3 is 15.5 Å². The van der Waals surface area contributed by atoms with Crippen molar-refractivity contribution < 1.29 is 14.4 Å². The second-order valence-corrected chi connectivity index (χ2v) is 8.51. The highest BCUT2D eigenvalue weighted by Gasteiger charge is 2.26. The Morgan fingerprint density at radius 3 is 2.72 bits per heavy atom. The zero-order valence-electron chi connectivity index (χ0n) is 16.3. The van der Waals surface area contributed by atoms with Crippen molar-refractivity contribution in [3.8, 4) is 0 Å². The normalized spacial score (nSPS) is 15.2. The SMILES string of the molecule is CC(=O)/C=C(\C)N[C@@H](CCCNC(=O)c1cnc(Cl)c(Cl)c1)C(=O)N1CCSC1. The van der Waals surface area contributed by atoms with Crippen molar-refractivity contribution in [1.29, 1.82) is 0 Å². The molecule has 2 heterocycles. The summed E-state index contributed by atoms with van der Waals surface area (Å²) in [4.78, 5) is 42.0. The van der Waals surface area contributed by atoms with Gasteiger partial charge in [-0.15, -0.1) is 11.8 Å². The second-order valence-electron chi connectivity index (χ2n) is 6.67. The highest BCUT2D eigenvalue weighted by atomic mass is 35.5. The van der Waals surface area contributed by atoms with E-state index in [9.17, 15) is 14.4 Å². The second kappa shape index (κ2) is 11.4. The molecule has 1 aromatic rings. The van der Waals surface area contributed by atoms with Crippen molar-refractivity contribution in [3.05, 3.63) is 39.8 Å². The number of thioether (sulfide) groups is 1. The molecular formula is C19H24Cl2N4O3S. The van der Waals surface area contributed by atoms with Crippen LogP contribution in [0.1, 0.15) is 37.0 Å². The van der Waals surface area contributed by atoms with Gasteiger partial charge in [0.1, 0.15) is 11.2 Å². The minimum atomic E-state index is -0.451. The number of halogens is 2. The van der Waals surface area contributed by atoms with Crippen molar-refractivity contribution in [3.63, 3.8) is 0 Å². The van der Waals surface area contributed by atoms with Gasteiger partial charge in [0.05, 0.1) is 16.5 Å². The first-order valence-electron chi connectivity index (χ1n) is 9.19. The zero-order chi connectivity index (χ0) is 21.4. The summed E-state index contributed by atoms with van der Waals surface area (Å²) >= 11 is 13.4. The van der Waals surface area contributed by atoms with Crippen LogP contribution >= 0.6 is 35.0 Å². The summed E-state index contributed by atoms with van der Waals surface area (Å²) in [7, 11) is 0. The van der Waals surface area contributed by atoms with Gasteiger partial charge in [0.25, 0.3) is 5.91 Å². The Labute approximate surface area is 184 Å². The Balaban J connectivity index is 1.90. The molecule has 2 rings (SSSR count). The van der Waals surface area contributed by atoms with Gasteiger partial charge in [-0.2, -0.15) is 0 Å². The number of carbonyl (C=O) groups is 3. The van der Waals surface area contributed by atoms with E-state index in [4.69, 9.17) is 23.2 Å². The molecule has 1 saturated heterocycles. The van der Waals surface area contributed by atoms with E-state index >= 15 is 0 Å². The average molecular weight is 459 g/mol. The van der Waals surface area contributed by atoms with Gasteiger partial charge in [-0.05, 0) is 38.8 Å². The predicted octanol–water partition coefficient (Wildman–Crippen LogP) is 2.88. The minimum absolute atomic E-state index is 0.00584. The average Bonchev–Trinajstić information content (AvgIpc) is 3.19. The van der Waals surface area contributed by atoms with Crippen LogP contribution in [0.2, 0.25) is 10.2 Å². The van der Waals surface area contributed by atoms with E-state index in [1.54, 1.807) is 18.7 Å². The highest BCUT2D eigenvalue weighted by molar-refractivity contribution is 7.99. The lowest BCUT2D eigenvalue weighted by atomic mass is 10.1. The molecule has 29 heavy (non-hydrogen) atoms. The van der Waals surface area contributed by atoms with Gasteiger partial charge in [-0.25, -0.2) is 4.98 Å². The lowest BCUT2D eigenvalue weighted by molar-refractivity contribution is -0.132. The standard InChI is InChI=1S/C19H24Cl2N4O3S/c1-12(8-13(2)26)24-16(19(28)25-6-7-29-11-25)4-3-5-22-18(27)14-9-15(20)17(21)23-10-14/h8-10,16,24H,3-7,11H2,1-2H3,(H,22,27)/b12-8+/t16-/m0/s1. The monoisotopic (exact) mass is 458 g/mol. The van der Waals surface area contributed by atoms with Gasteiger partial charge in [-0.1, -0.05) is 23.2 Å². The summed E-state index contributed by atoms with van der Waals surface area (Å²) in [6, 6.07) is 1.01. The first kappa shape index (κ1) is 23.5. The number of amides is 2. The summed E-state index contributed by atoms with van der Waals surface area (Å²) in [6.07, 6.45) is 3.93. The maximum atomic E-state index is 12.8. The van der Waals surface area contributed by atoms with Crippen LogP contribution in [0.25, 0.3) is 0 Å². The van der Waals surface area contributed by atoms with E-state index in [-0.39, 0.29) is 27.8 Å². The fourth-order valence-electron chi connectivity index (χ4n) is 2.84. The van der Waals surface area contributed by atoms with Crippen LogP contribution in [0.5, 0.6) is 0 Å². The van der Waals surface area contributed by atoms with Crippen LogP contribution in [-0.2, 0) is 9.59 Å². The smallest absolute Gasteiger partial charge is 0.252 e. The number of ketones is 1. The van der Waals surface area contributed by atoms with E-state index in [2.05, 4.69) is 15.6 Å². The molecule has 0 aliphatic carbocycles. The fraction of sp³-hybridized carbons (Fsp3) is 0.474. The number of nitrogens with zero attached hydrogens (tertiary/aromatic N) is 2. The van der Waals surface area contributed by atoms with Gasteiger partial charge in [0.2, 0.25) is 5.91 Å². The maximum absolute atomic E-state index is 12.8. The molecule has 1 atom stereocenters. The molecule has 158 valence electrons. The van der Waals surface area contributed by atoms with Crippen molar-refractivity contribution in [2.24, 2.45) is 0 Å². The van der Waals surface area contributed by atoms with E-state index in [0.717, 1.165) is 12.3 Å². The Morgan fingerprint density at radius 2 is 2.10 bits per heavy atom. The number of rotatable bonds is 9. The molecule has 10 heteroatoms. The van der Waals surface area contributed by atoms with Crippen molar-refractivity contribution in [2.75, 3.05) is 24.7 Å². The molecule has 1 fully saturated rings. The van der Waals surface area contributed by atoms with Gasteiger partial charge >= 0.3 is 0 Å². The molecule has 2 amide bonds. The summed E-state index contributed by atoms with van der Waals surface area (Å²) in [6.45, 7) is 4.33. The molecule has 0 bridgehead atoms. The third-order valence-corrected chi connectivity index (χ3v) is 5.85. The maximum Gasteiger partial charge on any atom is 0.252 e. The van der Waals surface area contributed by atoms with Crippen LogP contribution < -0.4 is 10.6 Å². The number of aromatic nitrogens is 1.